The maximum atomic E-state index is 15.2. The lowest BCUT2D eigenvalue weighted by Crippen LogP contribution is -2.62. The monoisotopic (exact) mass is 1600 g/mol. The normalized spacial score (nSPS) is 17.4. The van der Waals surface area contributed by atoms with Crippen LogP contribution in [0.3, 0.4) is 0 Å². The van der Waals surface area contributed by atoms with Crippen LogP contribution in [-0.4, -0.2) is 222 Å². The summed E-state index contributed by atoms with van der Waals surface area (Å²) in [6, 6.07) is 1.21. The highest BCUT2D eigenvalue weighted by atomic mass is 16.4. The SMILES string of the molecule is CC(C)C[C@H](NC(=O)[C@H](CCCN)NC(=O)[C@@H](NC(=O)[C@H](CCCN)NC(=O)[C@H](CC(C)C)NC(=O)[C@@H]1CCCN1C(=O)[C@@H](Cc1ccccc1)NC(=O)[C@@H](NC(=O)[C@H](CCCN)NC(=O)[C@H](CC(C)C)NC(=O)[C@H](CCCN)NC(=O)[C@@H](NC(=O)[C@@H]1CCCN1C(=O)[C@H](N)Cc1ccccc1)C(C)C)C(C)C)C(C)C)C(=O)O. The van der Waals surface area contributed by atoms with E-state index in [1.807, 2.05) is 58.0 Å². The van der Waals surface area contributed by atoms with E-state index in [9.17, 15) is 67.4 Å². The Morgan fingerprint density at radius 2 is 0.649 bits per heavy atom. The van der Waals surface area contributed by atoms with Crippen LogP contribution in [0.2, 0.25) is 0 Å². The van der Waals surface area contributed by atoms with E-state index in [-0.39, 0.29) is 134 Å². The number of hydrogen-bond acceptors (Lipinski definition) is 19. The second-order valence-corrected chi connectivity index (χ2v) is 32.5. The highest BCUT2D eigenvalue weighted by Crippen LogP contribution is 2.24. The van der Waals surface area contributed by atoms with Gasteiger partial charge in [0.2, 0.25) is 76.8 Å². The number of carboxylic acid groups (broad SMARTS) is 1. The number of benzene rings is 2. The van der Waals surface area contributed by atoms with Gasteiger partial charge >= 0.3 is 5.97 Å². The number of hydrogen-bond donors (Lipinski definition) is 17. The standard InChI is InChI=1S/C81H134N18O15/c1-46(2)41-59(91-68(100)55(29-19-35-82)89-77(109)67(51(11)12)97-75(107)64-34-23-39-98(64)79(111)54(86)44-52-25-15-13-16-26-52)72(104)87-57(31-21-37-84)71(103)96-66(50(9)10)78(110)93-61(45-53-27-17-14-18-28-53)80(112)99-40-24-33-63(99)74(106)92-60(42-47(3)4)73(105)88-58(32-22-38-85)70(102)95-65(49(7)8)76(108)90-56(30-20-36-83)69(101)94-62(81(113)114)43-48(5)6/h13-18,25-28,46-51,54-67H,19-24,29-45,82-86H2,1-12H3,(H,87,104)(H,88,105)(H,89,109)(H,90,108)(H,91,100)(H,92,106)(H,93,110)(H,94,101)(H,95,102)(H,96,103)(H,97,107)(H,113,114)/t54-,55+,56+,57+,58+,59+,60+,61-,62+,63+,64+,65+,66+,67+/m1/s1. The van der Waals surface area contributed by atoms with Gasteiger partial charge in [0.25, 0.3) is 0 Å². The second-order valence-electron chi connectivity index (χ2n) is 32.5. The predicted molar refractivity (Wildman–Crippen MR) is 433 cm³/mol. The van der Waals surface area contributed by atoms with Gasteiger partial charge in [0.15, 0.2) is 0 Å². The van der Waals surface area contributed by atoms with Crippen molar-refractivity contribution in [1.29, 1.82) is 0 Å². The number of nitrogens with two attached hydrogens (primary N) is 5. The molecular weight excluding hydrogens is 1470 g/mol. The molecule has 0 bridgehead atoms. The van der Waals surface area contributed by atoms with E-state index in [1.165, 1.54) is 9.80 Å². The van der Waals surface area contributed by atoms with Crippen molar-refractivity contribution in [2.45, 2.75) is 277 Å². The van der Waals surface area contributed by atoms with Crippen LogP contribution in [0.5, 0.6) is 0 Å². The fourth-order valence-electron chi connectivity index (χ4n) is 14.0. The van der Waals surface area contributed by atoms with E-state index in [2.05, 4.69) is 58.5 Å². The molecule has 2 fully saturated rings. The van der Waals surface area contributed by atoms with Crippen LogP contribution >= 0.6 is 0 Å². The lowest BCUT2D eigenvalue weighted by atomic mass is 9.99. The number of carboxylic acids is 1. The molecule has 33 heteroatoms. The van der Waals surface area contributed by atoms with E-state index < -0.39 is 185 Å². The first-order valence-electron chi connectivity index (χ1n) is 40.8. The zero-order valence-electron chi connectivity index (χ0n) is 69.0. The predicted octanol–water partition coefficient (Wildman–Crippen LogP) is 0.260. The molecule has 33 nitrogen and oxygen atoms in total. The number of carbonyl (C=O) groups excluding carboxylic acids is 13. The number of nitrogens with one attached hydrogen (secondary N) is 11. The van der Waals surface area contributed by atoms with Gasteiger partial charge in [-0.15, -0.1) is 0 Å². The molecule has 0 aliphatic carbocycles. The molecule has 0 saturated carbocycles. The molecule has 2 aromatic rings. The van der Waals surface area contributed by atoms with Crippen LogP contribution in [0.4, 0.5) is 0 Å². The first-order chi connectivity index (χ1) is 54.0. The Labute approximate surface area is 672 Å². The van der Waals surface area contributed by atoms with E-state index >= 15 is 4.79 Å². The van der Waals surface area contributed by atoms with Crippen LogP contribution in [0.1, 0.15) is 191 Å². The molecular formula is C81H134N18O15. The molecule has 114 heavy (non-hydrogen) atoms. The summed E-state index contributed by atoms with van der Waals surface area (Å²) in [5.74, 6) is -12.5. The Morgan fingerprint density at radius 3 is 1.01 bits per heavy atom. The van der Waals surface area contributed by atoms with E-state index in [0.717, 1.165) is 5.56 Å². The highest BCUT2D eigenvalue weighted by Gasteiger charge is 2.44. The summed E-state index contributed by atoms with van der Waals surface area (Å²) >= 11 is 0. The fraction of sp³-hybridized carbons (Fsp3) is 0.679. The van der Waals surface area contributed by atoms with Gasteiger partial charge in [-0.3, -0.25) is 62.3 Å². The highest BCUT2D eigenvalue weighted by molar-refractivity contribution is 6.00. The minimum atomic E-state index is -1.33. The van der Waals surface area contributed by atoms with Crippen LogP contribution in [0, 0.1) is 35.5 Å². The molecule has 13 amide bonds. The third kappa shape index (κ3) is 31.9. The van der Waals surface area contributed by atoms with E-state index in [1.54, 1.807) is 85.7 Å². The quantitative estimate of drug-likeness (QED) is 0.0422. The van der Waals surface area contributed by atoms with Crippen molar-refractivity contribution >= 4 is 82.8 Å². The summed E-state index contributed by atoms with van der Waals surface area (Å²) in [6.07, 6.45) is 3.02. The van der Waals surface area contributed by atoms with E-state index in [0.29, 0.717) is 37.8 Å². The lowest BCUT2D eigenvalue weighted by molar-refractivity contribution is -0.143. The molecule has 2 aliphatic heterocycles. The number of amides is 13. The third-order valence-electron chi connectivity index (χ3n) is 20.3. The zero-order valence-corrected chi connectivity index (χ0v) is 69.0. The maximum absolute atomic E-state index is 15.2. The van der Waals surface area contributed by atoms with Gasteiger partial charge in [-0.2, -0.15) is 0 Å². The van der Waals surface area contributed by atoms with Crippen molar-refractivity contribution in [3.8, 4) is 0 Å². The first-order valence-corrected chi connectivity index (χ1v) is 40.8. The Balaban J connectivity index is 1.54. The molecule has 0 spiro atoms. The fourth-order valence-corrected chi connectivity index (χ4v) is 14.0. The number of aliphatic carboxylic acids is 1. The average Bonchev–Trinajstić information content (AvgIpc) is 1.56. The van der Waals surface area contributed by atoms with Gasteiger partial charge in [0.05, 0.1) is 6.04 Å². The number of rotatable bonds is 50. The minimum absolute atomic E-state index is 0.00983. The van der Waals surface area contributed by atoms with Crippen molar-refractivity contribution in [3.63, 3.8) is 0 Å². The summed E-state index contributed by atoms with van der Waals surface area (Å²) in [5, 5.41) is 40.2. The molecule has 22 N–H and O–H groups in total. The first kappa shape index (κ1) is 97.2. The third-order valence-corrected chi connectivity index (χ3v) is 20.3. The largest absolute Gasteiger partial charge is 0.480 e. The van der Waals surface area contributed by atoms with Crippen molar-refractivity contribution < 1.29 is 72.2 Å². The molecule has 0 radical (unpaired) electrons. The average molecular weight is 1600 g/mol. The lowest BCUT2D eigenvalue weighted by Gasteiger charge is -2.32. The van der Waals surface area contributed by atoms with Crippen LogP contribution in [-0.2, 0) is 80.0 Å². The summed E-state index contributed by atoms with van der Waals surface area (Å²) in [6.45, 7) is 21.9. The molecule has 4 rings (SSSR count). The molecule has 638 valence electrons. The van der Waals surface area contributed by atoms with E-state index in [4.69, 9.17) is 28.7 Å². The maximum Gasteiger partial charge on any atom is 0.326 e. The Hall–Kier alpha value is -9.18. The minimum Gasteiger partial charge on any atom is -0.480 e. The summed E-state index contributed by atoms with van der Waals surface area (Å²) in [4.78, 5) is 202. The van der Waals surface area contributed by atoms with Crippen molar-refractivity contribution in [1.82, 2.24) is 68.3 Å². The van der Waals surface area contributed by atoms with Gasteiger partial charge in [-0.05, 0) is 176 Å². The van der Waals surface area contributed by atoms with Gasteiger partial charge in [0, 0.05) is 19.5 Å². The van der Waals surface area contributed by atoms with Crippen LogP contribution < -0.4 is 87.2 Å². The molecule has 2 saturated heterocycles. The van der Waals surface area contributed by atoms with Gasteiger partial charge < -0.3 is 102 Å². The number of carbonyl (C=O) groups is 14. The summed E-state index contributed by atoms with van der Waals surface area (Å²) in [5.41, 5.74) is 31.5. The van der Waals surface area contributed by atoms with Gasteiger partial charge in [0.1, 0.15) is 78.5 Å². The molecule has 0 unspecified atom stereocenters. The number of nitrogens with zero attached hydrogens (tertiary/aromatic N) is 2. The second kappa shape index (κ2) is 49.6. The molecule has 2 aliphatic rings. The van der Waals surface area contributed by atoms with Gasteiger partial charge in [-0.25, -0.2) is 4.79 Å². The summed E-state index contributed by atoms with van der Waals surface area (Å²) in [7, 11) is 0. The Morgan fingerprint density at radius 1 is 0.360 bits per heavy atom. The van der Waals surface area contributed by atoms with Crippen LogP contribution in [0.15, 0.2) is 60.7 Å². The van der Waals surface area contributed by atoms with Crippen molar-refractivity contribution in [3.05, 3.63) is 71.8 Å². The summed E-state index contributed by atoms with van der Waals surface area (Å²) < 4.78 is 0. The molecule has 14 atom stereocenters. The van der Waals surface area contributed by atoms with Gasteiger partial charge in [-0.1, -0.05) is 144 Å². The van der Waals surface area contributed by atoms with Crippen molar-refractivity contribution in [2.24, 2.45) is 64.2 Å². The topological polar surface area (TPSA) is 528 Å². The molecule has 0 aromatic heterocycles. The number of likely N-dealkylation sites (tertiary alicyclic amines) is 2. The molecule has 2 aromatic carbocycles. The smallest absolute Gasteiger partial charge is 0.326 e. The zero-order chi connectivity index (χ0) is 85.1. The Bertz CT molecular complexity index is 3460. The molecule has 2 heterocycles. The van der Waals surface area contributed by atoms with Crippen LogP contribution in [0.25, 0.3) is 0 Å². The van der Waals surface area contributed by atoms with Crippen molar-refractivity contribution in [2.75, 3.05) is 39.3 Å². The Kier molecular flexibility index (Phi) is 42.2.